The lowest BCUT2D eigenvalue weighted by atomic mass is 10.0. The summed E-state index contributed by atoms with van der Waals surface area (Å²) in [6.07, 6.45) is 6.22. The van der Waals surface area contributed by atoms with Crippen LogP contribution in [0.4, 0.5) is 5.95 Å². The van der Waals surface area contributed by atoms with Gasteiger partial charge in [0.25, 0.3) is 5.56 Å². The van der Waals surface area contributed by atoms with Crippen molar-refractivity contribution >= 4 is 5.95 Å². The molecular formula is C12H21N3O. The molecule has 1 heterocycles. The number of aryl methyl sites for hydroxylation is 1. The van der Waals surface area contributed by atoms with Crippen LogP contribution in [0.15, 0.2) is 4.79 Å². The zero-order valence-electron chi connectivity index (χ0n) is 10.2. The van der Waals surface area contributed by atoms with Crippen LogP contribution in [0, 0.1) is 0 Å². The minimum Gasteiger partial charge on any atom is -0.369 e. The van der Waals surface area contributed by atoms with Crippen LogP contribution in [0.5, 0.6) is 0 Å². The van der Waals surface area contributed by atoms with Crippen molar-refractivity contribution in [3.8, 4) is 0 Å². The van der Waals surface area contributed by atoms with Gasteiger partial charge < -0.3 is 5.73 Å². The summed E-state index contributed by atoms with van der Waals surface area (Å²) >= 11 is 0. The van der Waals surface area contributed by atoms with Crippen LogP contribution >= 0.6 is 0 Å². The van der Waals surface area contributed by atoms with E-state index in [1.807, 2.05) is 6.92 Å². The number of aromatic nitrogens is 2. The molecule has 1 rings (SSSR count). The van der Waals surface area contributed by atoms with E-state index < -0.39 is 0 Å². The SMILES string of the molecule is CCCCCCc1c(CC)nc(N)[nH]c1=O. The molecule has 4 nitrogen and oxygen atoms in total. The molecule has 0 radical (unpaired) electrons. The molecule has 0 spiro atoms. The van der Waals surface area contributed by atoms with Gasteiger partial charge in [-0.2, -0.15) is 0 Å². The number of aromatic amines is 1. The fraction of sp³-hybridized carbons (Fsp3) is 0.667. The lowest BCUT2D eigenvalue weighted by molar-refractivity contribution is 0.659. The highest BCUT2D eigenvalue weighted by Crippen LogP contribution is 2.09. The van der Waals surface area contributed by atoms with Gasteiger partial charge in [-0.05, 0) is 19.3 Å². The van der Waals surface area contributed by atoms with E-state index in [4.69, 9.17) is 5.73 Å². The Morgan fingerprint density at radius 3 is 2.62 bits per heavy atom. The topological polar surface area (TPSA) is 71.8 Å². The van der Waals surface area contributed by atoms with Crippen LogP contribution in [0.3, 0.4) is 0 Å². The van der Waals surface area contributed by atoms with Crippen LogP contribution in [-0.2, 0) is 12.8 Å². The summed E-state index contributed by atoms with van der Waals surface area (Å²) in [5, 5.41) is 0. The van der Waals surface area contributed by atoms with Gasteiger partial charge in [0.15, 0.2) is 0 Å². The predicted molar refractivity (Wildman–Crippen MR) is 66.5 cm³/mol. The van der Waals surface area contributed by atoms with Crippen LogP contribution in [0.1, 0.15) is 50.8 Å². The Hall–Kier alpha value is -1.32. The molecule has 16 heavy (non-hydrogen) atoms. The van der Waals surface area contributed by atoms with Gasteiger partial charge >= 0.3 is 0 Å². The Labute approximate surface area is 96.3 Å². The molecule has 0 aliphatic heterocycles. The van der Waals surface area contributed by atoms with Gasteiger partial charge in [-0.1, -0.05) is 33.1 Å². The number of nitrogens with one attached hydrogen (secondary N) is 1. The maximum atomic E-state index is 11.7. The smallest absolute Gasteiger partial charge is 0.255 e. The maximum absolute atomic E-state index is 11.7. The first-order valence-corrected chi connectivity index (χ1v) is 6.06. The van der Waals surface area contributed by atoms with Gasteiger partial charge in [0.05, 0.1) is 5.69 Å². The van der Waals surface area contributed by atoms with E-state index in [1.165, 1.54) is 19.3 Å². The second-order valence-corrected chi connectivity index (χ2v) is 4.04. The molecule has 0 saturated heterocycles. The predicted octanol–water partition coefficient (Wildman–Crippen LogP) is 2.04. The summed E-state index contributed by atoms with van der Waals surface area (Å²) in [5.41, 5.74) is 7.10. The number of H-pyrrole nitrogens is 1. The first-order valence-electron chi connectivity index (χ1n) is 6.06. The third kappa shape index (κ3) is 3.36. The Morgan fingerprint density at radius 2 is 2.00 bits per heavy atom. The first-order chi connectivity index (χ1) is 7.69. The monoisotopic (exact) mass is 223 g/mol. The summed E-state index contributed by atoms with van der Waals surface area (Å²) in [6, 6.07) is 0. The number of rotatable bonds is 6. The molecule has 0 aliphatic carbocycles. The number of nitrogens with zero attached hydrogens (tertiary/aromatic N) is 1. The van der Waals surface area contributed by atoms with Gasteiger partial charge in [-0.3, -0.25) is 9.78 Å². The van der Waals surface area contributed by atoms with Crippen molar-refractivity contribution in [2.24, 2.45) is 0 Å². The van der Waals surface area contributed by atoms with E-state index in [1.54, 1.807) is 0 Å². The van der Waals surface area contributed by atoms with Crippen molar-refractivity contribution in [1.82, 2.24) is 9.97 Å². The summed E-state index contributed by atoms with van der Waals surface area (Å²) in [7, 11) is 0. The second-order valence-electron chi connectivity index (χ2n) is 4.04. The van der Waals surface area contributed by atoms with Crippen LogP contribution in [0.2, 0.25) is 0 Å². The molecule has 0 aliphatic rings. The number of anilines is 1. The standard InChI is InChI=1S/C12H21N3O/c1-3-5-6-7-8-9-10(4-2)14-12(13)15-11(9)16/h3-8H2,1-2H3,(H3,13,14,15,16). The molecule has 4 heteroatoms. The summed E-state index contributed by atoms with van der Waals surface area (Å²) in [4.78, 5) is 18.4. The molecule has 3 N–H and O–H groups in total. The fourth-order valence-corrected chi connectivity index (χ4v) is 1.84. The highest BCUT2D eigenvalue weighted by molar-refractivity contribution is 5.25. The Morgan fingerprint density at radius 1 is 1.25 bits per heavy atom. The maximum Gasteiger partial charge on any atom is 0.255 e. The fourth-order valence-electron chi connectivity index (χ4n) is 1.84. The molecule has 1 aromatic heterocycles. The molecule has 0 atom stereocenters. The largest absolute Gasteiger partial charge is 0.369 e. The average Bonchev–Trinajstić information content (AvgIpc) is 2.26. The molecule has 90 valence electrons. The van der Waals surface area contributed by atoms with E-state index in [9.17, 15) is 4.79 Å². The minimum atomic E-state index is -0.0687. The van der Waals surface area contributed by atoms with Gasteiger partial charge in [0.1, 0.15) is 0 Å². The van der Waals surface area contributed by atoms with Crippen molar-refractivity contribution in [3.05, 3.63) is 21.6 Å². The van der Waals surface area contributed by atoms with Gasteiger partial charge in [0, 0.05) is 5.56 Å². The van der Waals surface area contributed by atoms with Crippen molar-refractivity contribution < 1.29 is 0 Å². The molecule has 0 amide bonds. The number of hydrogen-bond acceptors (Lipinski definition) is 3. The van der Waals surface area contributed by atoms with Crippen LogP contribution < -0.4 is 11.3 Å². The van der Waals surface area contributed by atoms with E-state index in [-0.39, 0.29) is 11.5 Å². The van der Waals surface area contributed by atoms with Crippen LogP contribution in [-0.4, -0.2) is 9.97 Å². The Bertz CT molecular complexity index is 384. The summed E-state index contributed by atoms with van der Waals surface area (Å²) < 4.78 is 0. The van der Waals surface area contributed by atoms with E-state index in [0.717, 1.165) is 30.5 Å². The molecular weight excluding hydrogens is 202 g/mol. The molecule has 0 aromatic carbocycles. The average molecular weight is 223 g/mol. The Kier molecular flexibility index (Phi) is 5.02. The summed E-state index contributed by atoms with van der Waals surface area (Å²) in [6.45, 7) is 4.17. The zero-order chi connectivity index (χ0) is 12.0. The van der Waals surface area contributed by atoms with Crippen molar-refractivity contribution in [2.45, 2.75) is 52.4 Å². The quantitative estimate of drug-likeness (QED) is 0.725. The van der Waals surface area contributed by atoms with Gasteiger partial charge in [0.2, 0.25) is 5.95 Å². The van der Waals surface area contributed by atoms with Gasteiger partial charge in [-0.15, -0.1) is 0 Å². The second kappa shape index (κ2) is 6.30. The number of nitrogens with two attached hydrogens (primary N) is 1. The lowest BCUT2D eigenvalue weighted by Gasteiger charge is -2.06. The Balaban J connectivity index is 2.74. The molecule has 0 saturated carbocycles. The van der Waals surface area contributed by atoms with E-state index >= 15 is 0 Å². The number of nitrogen functional groups attached to an aromatic ring is 1. The lowest BCUT2D eigenvalue weighted by Crippen LogP contribution is -2.19. The zero-order valence-corrected chi connectivity index (χ0v) is 10.2. The minimum absolute atomic E-state index is 0.0687. The summed E-state index contributed by atoms with van der Waals surface area (Å²) in [5.74, 6) is 0.221. The number of unbranched alkanes of at least 4 members (excludes halogenated alkanes) is 3. The highest BCUT2D eigenvalue weighted by Gasteiger charge is 2.08. The highest BCUT2D eigenvalue weighted by atomic mass is 16.1. The normalized spacial score (nSPS) is 10.6. The molecule has 0 bridgehead atoms. The van der Waals surface area contributed by atoms with Crippen molar-refractivity contribution in [3.63, 3.8) is 0 Å². The van der Waals surface area contributed by atoms with Crippen molar-refractivity contribution in [2.75, 3.05) is 5.73 Å². The third-order valence-corrected chi connectivity index (χ3v) is 2.73. The van der Waals surface area contributed by atoms with Crippen molar-refractivity contribution in [1.29, 1.82) is 0 Å². The first kappa shape index (κ1) is 12.7. The van der Waals surface area contributed by atoms with Gasteiger partial charge in [-0.25, -0.2) is 4.98 Å². The van der Waals surface area contributed by atoms with E-state index in [2.05, 4.69) is 16.9 Å². The van der Waals surface area contributed by atoms with E-state index in [0.29, 0.717) is 0 Å². The molecule has 1 aromatic rings. The molecule has 0 unspecified atom stereocenters. The number of hydrogen-bond donors (Lipinski definition) is 2. The molecule has 0 fully saturated rings. The van der Waals surface area contributed by atoms with Crippen LogP contribution in [0.25, 0.3) is 0 Å². The third-order valence-electron chi connectivity index (χ3n) is 2.73.